The molecule has 28 heavy (non-hydrogen) atoms. The van der Waals surface area contributed by atoms with Gasteiger partial charge in [-0.15, -0.1) is 11.3 Å². The Morgan fingerprint density at radius 2 is 1.86 bits per heavy atom. The summed E-state index contributed by atoms with van der Waals surface area (Å²) in [4.78, 5) is 28.5. The van der Waals surface area contributed by atoms with Crippen LogP contribution in [0.5, 0.6) is 0 Å². The number of fused-ring (bicyclic) bond motifs is 1. The monoisotopic (exact) mass is 391 g/mol. The third-order valence-electron chi connectivity index (χ3n) is 4.07. The molecule has 2 amide bonds. The maximum Gasteiger partial charge on any atom is 0.244 e. The average molecular weight is 391 g/mol. The minimum Gasteiger partial charge on any atom is -0.347 e. The van der Waals surface area contributed by atoms with Crippen molar-refractivity contribution in [3.05, 3.63) is 65.8 Å². The highest BCUT2D eigenvalue weighted by atomic mass is 32.1. The predicted molar refractivity (Wildman–Crippen MR) is 109 cm³/mol. The molecule has 0 unspecified atom stereocenters. The van der Waals surface area contributed by atoms with Crippen molar-refractivity contribution in [3.8, 4) is 11.1 Å². The zero-order valence-electron chi connectivity index (χ0n) is 14.8. The molecule has 140 valence electrons. The summed E-state index contributed by atoms with van der Waals surface area (Å²) in [5, 5.41) is 12.3. The van der Waals surface area contributed by atoms with E-state index in [0.717, 1.165) is 21.3 Å². The quantitative estimate of drug-likeness (QED) is 0.470. The molecule has 0 saturated heterocycles. The highest BCUT2D eigenvalue weighted by molar-refractivity contribution is 7.18. The standard InChI is InChI=1S/C20H17N5O2S/c26-18(21-12-19(27)24-17-8-9-22-25-17)11-20-23-15-7-6-14(10-16(15)28-20)13-4-2-1-3-5-13/h1-10H,11-12H2,(H,21,26)(H2,22,24,25,27). The second-order valence-electron chi connectivity index (χ2n) is 6.13. The first-order chi connectivity index (χ1) is 13.7. The molecule has 0 aliphatic carbocycles. The van der Waals surface area contributed by atoms with Crippen molar-refractivity contribution in [2.45, 2.75) is 6.42 Å². The van der Waals surface area contributed by atoms with E-state index in [2.05, 4.69) is 44.0 Å². The van der Waals surface area contributed by atoms with Crippen molar-refractivity contribution in [1.82, 2.24) is 20.5 Å². The summed E-state index contributed by atoms with van der Waals surface area (Å²) in [7, 11) is 0. The zero-order valence-corrected chi connectivity index (χ0v) is 15.6. The Morgan fingerprint density at radius 1 is 1.00 bits per heavy atom. The Morgan fingerprint density at radius 3 is 2.64 bits per heavy atom. The summed E-state index contributed by atoms with van der Waals surface area (Å²) in [5.74, 6) is -0.0869. The second-order valence-corrected chi connectivity index (χ2v) is 7.24. The molecule has 4 aromatic rings. The van der Waals surface area contributed by atoms with Crippen molar-refractivity contribution < 1.29 is 9.59 Å². The smallest absolute Gasteiger partial charge is 0.244 e. The molecule has 0 aliphatic rings. The van der Waals surface area contributed by atoms with E-state index in [1.165, 1.54) is 17.5 Å². The molecule has 0 saturated carbocycles. The lowest BCUT2D eigenvalue weighted by molar-refractivity contribution is -0.123. The Balaban J connectivity index is 1.37. The molecule has 0 aliphatic heterocycles. The number of H-pyrrole nitrogens is 1. The van der Waals surface area contributed by atoms with Crippen LogP contribution in [0, 0.1) is 0 Å². The topological polar surface area (TPSA) is 99.8 Å². The van der Waals surface area contributed by atoms with Gasteiger partial charge >= 0.3 is 0 Å². The molecular formula is C20H17N5O2S. The first-order valence-electron chi connectivity index (χ1n) is 8.68. The first kappa shape index (κ1) is 17.9. The van der Waals surface area contributed by atoms with Crippen LogP contribution in [0.1, 0.15) is 5.01 Å². The number of amides is 2. The average Bonchev–Trinajstić information content (AvgIpc) is 3.35. The van der Waals surface area contributed by atoms with E-state index < -0.39 is 0 Å². The number of aromatic amines is 1. The van der Waals surface area contributed by atoms with Crippen LogP contribution in [-0.2, 0) is 16.0 Å². The molecule has 4 rings (SSSR count). The second kappa shape index (κ2) is 8.01. The normalized spacial score (nSPS) is 10.7. The van der Waals surface area contributed by atoms with E-state index in [4.69, 9.17) is 0 Å². The number of nitrogens with one attached hydrogen (secondary N) is 3. The fourth-order valence-electron chi connectivity index (χ4n) is 2.76. The first-order valence-corrected chi connectivity index (χ1v) is 9.50. The molecule has 0 spiro atoms. The number of hydrogen-bond donors (Lipinski definition) is 3. The lowest BCUT2D eigenvalue weighted by atomic mass is 10.1. The van der Waals surface area contributed by atoms with Gasteiger partial charge in [0.05, 0.1) is 29.4 Å². The number of aromatic nitrogens is 3. The van der Waals surface area contributed by atoms with Crippen LogP contribution in [0.15, 0.2) is 60.8 Å². The molecule has 2 aromatic heterocycles. The largest absolute Gasteiger partial charge is 0.347 e. The van der Waals surface area contributed by atoms with Gasteiger partial charge in [-0.2, -0.15) is 5.10 Å². The number of carbonyl (C=O) groups excluding carboxylic acids is 2. The zero-order chi connectivity index (χ0) is 19.3. The van der Waals surface area contributed by atoms with Gasteiger partial charge in [0.2, 0.25) is 11.8 Å². The molecule has 8 heteroatoms. The number of benzene rings is 2. The maximum atomic E-state index is 12.1. The van der Waals surface area contributed by atoms with Gasteiger partial charge in [-0.1, -0.05) is 36.4 Å². The summed E-state index contributed by atoms with van der Waals surface area (Å²) >= 11 is 1.49. The van der Waals surface area contributed by atoms with E-state index >= 15 is 0 Å². The van der Waals surface area contributed by atoms with Crippen molar-refractivity contribution >= 4 is 39.2 Å². The van der Waals surface area contributed by atoms with E-state index in [1.807, 2.05) is 30.3 Å². The van der Waals surface area contributed by atoms with Crippen LogP contribution in [-0.4, -0.2) is 33.5 Å². The highest BCUT2D eigenvalue weighted by Gasteiger charge is 2.11. The molecule has 0 fully saturated rings. The van der Waals surface area contributed by atoms with Crippen molar-refractivity contribution in [3.63, 3.8) is 0 Å². The number of thiazole rings is 1. The van der Waals surface area contributed by atoms with Gasteiger partial charge in [0.15, 0.2) is 0 Å². The molecular weight excluding hydrogens is 374 g/mol. The molecule has 3 N–H and O–H groups in total. The van der Waals surface area contributed by atoms with E-state index in [1.54, 1.807) is 6.07 Å². The summed E-state index contributed by atoms with van der Waals surface area (Å²) < 4.78 is 1.03. The van der Waals surface area contributed by atoms with E-state index in [-0.39, 0.29) is 24.8 Å². The molecule has 0 bridgehead atoms. The highest BCUT2D eigenvalue weighted by Crippen LogP contribution is 2.28. The van der Waals surface area contributed by atoms with Crippen molar-refractivity contribution in [2.24, 2.45) is 0 Å². The van der Waals surface area contributed by atoms with Gasteiger partial charge in [0.1, 0.15) is 10.8 Å². The number of hydrogen-bond acceptors (Lipinski definition) is 5. The molecule has 0 atom stereocenters. The summed E-state index contributed by atoms with van der Waals surface area (Å²) in [6.45, 7) is -0.110. The predicted octanol–water partition coefficient (Wildman–Crippen LogP) is 2.98. The van der Waals surface area contributed by atoms with Crippen LogP contribution in [0.3, 0.4) is 0 Å². The van der Waals surface area contributed by atoms with E-state index in [0.29, 0.717) is 10.8 Å². The van der Waals surface area contributed by atoms with Gasteiger partial charge in [0.25, 0.3) is 0 Å². The van der Waals surface area contributed by atoms with Gasteiger partial charge in [0, 0.05) is 6.07 Å². The van der Waals surface area contributed by atoms with Gasteiger partial charge in [-0.3, -0.25) is 14.7 Å². The third-order valence-corrected chi connectivity index (χ3v) is 5.09. The third kappa shape index (κ3) is 4.24. The maximum absolute atomic E-state index is 12.1. The van der Waals surface area contributed by atoms with Crippen molar-refractivity contribution in [2.75, 3.05) is 11.9 Å². The Bertz CT molecular complexity index is 1110. The fourth-order valence-corrected chi connectivity index (χ4v) is 3.76. The number of nitrogens with zero attached hydrogens (tertiary/aromatic N) is 2. The van der Waals surface area contributed by atoms with Crippen LogP contribution >= 0.6 is 11.3 Å². The summed E-state index contributed by atoms with van der Waals surface area (Å²) in [5.41, 5.74) is 3.12. The molecule has 2 heterocycles. The minimum absolute atomic E-state index is 0.110. The minimum atomic E-state index is -0.325. The fraction of sp³-hybridized carbons (Fsp3) is 0.100. The summed E-state index contributed by atoms with van der Waals surface area (Å²) in [6, 6.07) is 17.8. The molecule has 0 radical (unpaired) electrons. The molecule has 2 aromatic carbocycles. The lowest BCUT2D eigenvalue weighted by Gasteiger charge is -2.04. The SMILES string of the molecule is O=C(Cc1nc2ccc(-c3ccccc3)cc2s1)NCC(=O)Nc1ccn[nH]1. The van der Waals surface area contributed by atoms with E-state index in [9.17, 15) is 9.59 Å². The van der Waals surface area contributed by atoms with Gasteiger partial charge in [-0.05, 0) is 23.3 Å². The van der Waals surface area contributed by atoms with Crippen LogP contribution in [0.25, 0.3) is 21.3 Å². The number of rotatable bonds is 6. The van der Waals surface area contributed by atoms with Gasteiger partial charge in [-0.25, -0.2) is 4.98 Å². The number of anilines is 1. The number of carbonyl (C=O) groups is 2. The van der Waals surface area contributed by atoms with Crippen LogP contribution in [0.2, 0.25) is 0 Å². The Hall–Kier alpha value is -3.52. The van der Waals surface area contributed by atoms with Crippen LogP contribution < -0.4 is 10.6 Å². The van der Waals surface area contributed by atoms with Gasteiger partial charge < -0.3 is 10.6 Å². The Kier molecular flexibility index (Phi) is 5.11. The Labute approximate surface area is 164 Å². The van der Waals surface area contributed by atoms with Crippen molar-refractivity contribution in [1.29, 1.82) is 0 Å². The summed E-state index contributed by atoms with van der Waals surface area (Å²) in [6.07, 6.45) is 1.67. The lowest BCUT2D eigenvalue weighted by Crippen LogP contribution is -2.33. The van der Waals surface area contributed by atoms with Crippen LogP contribution in [0.4, 0.5) is 5.82 Å². The molecule has 7 nitrogen and oxygen atoms in total.